The largest absolute Gasteiger partial charge is 0.238 e. The number of hydrogen-bond donors (Lipinski definition) is 0. The molecular formula is C6H3ClN2S3. The van der Waals surface area contributed by atoms with Crippen molar-refractivity contribution in [2.24, 2.45) is 0 Å². The van der Waals surface area contributed by atoms with Crippen LogP contribution in [-0.4, -0.2) is 9.97 Å². The number of thiazole rings is 2. The summed E-state index contributed by atoms with van der Waals surface area (Å²) in [5, 5.41) is 4.31. The van der Waals surface area contributed by atoms with Crippen molar-refractivity contribution in [3.05, 3.63) is 22.1 Å². The summed E-state index contributed by atoms with van der Waals surface area (Å²) in [6, 6.07) is 0. The molecule has 0 fully saturated rings. The maximum absolute atomic E-state index is 5.67. The highest BCUT2D eigenvalue weighted by Gasteiger charge is 2.03. The summed E-state index contributed by atoms with van der Waals surface area (Å²) < 4.78 is 1.94. The zero-order valence-corrected chi connectivity index (χ0v) is 8.93. The lowest BCUT2D eigenvalue weighted by atomic mass is 11.0. The molecule has 2 nitrogen and oxygen atoms in total. The highest BCUT2D eigenvalue weighted by molar-refractivity contribution is 8.02. The van der Waals surface area contributed by atoms with Crippen LogP contribution in [-0.2, 0) is 0 Å². The summed E-state index contributed by atoms with van der Waals surface area (Å²) in [6.45, 7) is 0. The van der Waals surface area contributed by atoms with Gasteiger partial charge in [0.15, 0.2) is 8.68 Å². The minimum Gasteiger partial charge on any atom is -0.238 e. The van der Waals surface area contributed by atoms with Crippen molar-refractivity contribution in [3.63, 3.8) is 0 Å². The normalized spacial score (nSPS) is 10.4. The molecule has 0 bridgehead atoms. The summed E-state index contributed by atoms with van der Waals surface area (Å²) in [5.41, 5.74) is 0. The topological polar surface area (TPSA) is 25.8 Å². The summed E-state index contributed by atoms with van der Waals surface area (Å²) in [6.07, 6.45) is 1.78. The van der Waals surface area contributed by atoms with E-state index in [0.717, 1.165) is 8.68 Å². The lowest BCUT2D eigenvalue weighted by Crippen LogP contribution is -1.67. The molecule has 0 aliphatic carbocycles. The quantitative estimate of drug-likeness (QED) is 0.797. The first-order chi connectivity index (χ1) is 5.84. The molecule has 0 radical (unpaired) electrons. The van der Waals surface area contributed by atoms with Gasteiger partial charge in [0.25, 0.3) is 0 Å². The van der Waals surface area contributed by atoms with E-state index >= 15 is 0 Å². The van der Waals surface area contributed by atoms with Crippen molar-refractivity contribution in [1.29, 1.82) is 0 Å². The number of halogens is 1. The molecule has 0 amide bonds. The predicted molar refractivity (Wildman–Crippen MR) is 53.4 cm³/mol. The van der Waals surface area contributed by atoms with Crippen LogP contribution in [0.4, 0.5) is 0 Å². The summed E-state index contributed by atoms with van der Waals surface area (Å²) >= 11 is 10.4. The molecule has 2 rings (SSSR count). The van der Waals surface area contributed by atoms with Crippen LogP contribution in [0.5, 0.6) is 0 Å². The lowest BCUT2D eigenvalue weighted by Gasteiger charge is -1.87. The average Bonchev–Trinajstić information content (AvgIpc) is 2.63. The molecule has 2 heterocycles. The fourth-order valence-corrected chi connectivity index (χ4v) is 3.44. The maximum Gasteiger partial charge on any atom is 0.158 e. The number of rotatable bonds is 2. The second kappa shape index (κ2) is 3.74. The molecule has 0 aromatic carbocycles. The number of hydrogen-bond acceptors (Lipinski definition) is 5. The van der Waals surface area contributed by atoms with Crippen LogP contribution in [0.15, 0.2) is 25.6 Å². The SMILES string of the molecule is Clc1csc(Sc2nccs2)n1. The van der Waals surface area contributed by atoms with Crippen LogP contribution in [0.1, 0.15) is 0 Å². The maximum atomic E-state index is 5.67. The van der Waals surface area contributed by atoms with E-state index in [4.69, 9.17) is 11.6 Å². The van der Waals surface area contributed by atoms with E-state index in [1.165, 1.54) is 11.3 Å². The van der Waals surface area contributed by atoms with Gasteiger partial charge >= 0.3 is 0 Å². The number of nitrogens with zero attached hydrogens (tertiary/aromatic N) is 2. The van der Waals surface area contributed by atoms with Crippen LogP contribution in [0, 0.1) is 0 Å². The first kappa shape index (κ1) is 8.50. The average molecular weight is 235 g/mol. The van der Waals surface area contributed by atoms with Crippen LogP contribution in [0.3, 0.4) is 0 Å². The first-order valence-electron chi connectivity index (χ1n) is 3.03. The highest BCUT2D eigenvalue weighted by Crippen LogP contribution is 2.32. The number of aromatic nitrogens is 2. The van der Waals surface area contributed by atoms with E-state index in [9.17, 15) is 0 Å². The van der Waals surface area contributed by atoms with Gasteiger partial charge in [-0.25, -0.2) is 9.97 Å². The molecule has 0 aliphatic heterocycles. The molecule has 2 aromatic rings. The molecule has 0 saturated carbocycles. The van der Waals surface area contributed by atoms with Crippen LogP contribution in [0.25, 0.3) is 0 Å². The zero-order chi connectivity index (χ0) is 8.39. The molecular weight excluding hydrogens is 232 g/mol. The van der Waals surface area contributed by atoms with Gasteiger partial charge in [0.1, 0.15) is 5.15 Å². The third-order valence-electron chi connectivity index (χ3n) is 1.04. The third kappa shape index (κ3) is 1.98. The van der Waals surface area contributed by atoms with Gasteiger partial charge < -0.3 is 0 Å². The lowest BCUT2D eigenvalue weighted by molar-refractivity contribution is 1.21. The van der Waals surface area contributed by atoms with Gasteiger partial charge in [0.2, 0.25) is 0 Å². The Labute approximate surface area is 86.6 Å². The third-order valence-corrected chi connectivity index (χ3v) is 4.18. The Hall–Kier alpha value is -0.100. The summed E-state index contributed by atoms with van der Waals surface area (Å²) in [4.78, 5) is 8.22. The van der Waals surface area contributed by atoms with Crippen molar-refractivity contribution in [2.45, 2.75) is 8.68 Å². The van der Waals surface area contributed by atoms with Crippen molar-refractivity contribution >= 4 is 46.0 Å². The van der Waals surface area contributed by atoms with E-state index < -0.39 is 0 Å². The Morgan fingerprint density at radius 3 is 2.83 bits per heavy atom. The minimum absolute atomic E-state index is 0.555. The molecule has 0 atom stereocenters. The fraction of sp³-hybridized carbons (Fsp3) is 0. The van der Waals surface area contributed by atoms with Gasteiger partial charge in [-0.15, -0.1) is 22.7 Å². The minimum atomic E-state index is 0.555. The van der Waals surface area contributed by atoms with Gasteiger partial charge in [0, 0.05) is 17.0 Å². The Morgan fingerprint density at radius 1 is 1.33 bits per heavy atom. The molecule has 2 aromatic heterocycles. The van der Waals surface area contributed by atoms with Crippen LogP contribution >= 0.6 is 46.0 Å². The van der Waals surface area contributed by atoms with Gasteiger partial charge in [-0.3, -0.25) is 0 Å². The van der Waals surface area contributed by atoms with E-state index in [0.29, 0.717) is 5.15 Å². The molecule has 0 aliphatic rings. The molecule has 0 unspecified atom stereocenters. The van der Waals surface area contributed by atoms with Crippen molar-refractivity contribution < 1.29 is 0 Å². The van der Waals surface area contributed by atoms with Gasteiger partial charge in [-0.1, -0.05) is 11.6 Å². The smallest absolute Gasteiger partial charge is 0.158 e. The fourth-order valence-electron chi connectivity index (χ4n) is 0.621. The van der Waals surface area contributed by atoms with Gasteiger partial charge in [-0.05, 0) is 11.8 Å². The summed E-state index contributed by atoms with van der Waals surface area (Å²) in [7, 11) is 0. The summed E-state index contributed by atoms with van der Waals surface area (Å²) in [5.74, 6) is 0. The zero-order valence-electron chi connectivity index (χ0n) is 5.73. The van der Waals surface area contributed by atoms with E-state index in [1.807, 2.05) is 10.8 Å². The molecule has 62 valence electrons. The Bertz CT molecular complexity index is 357. The van der Waals surface area contributed by atoms with Crippen LogP contribution in [0.2, 0.25) is 5.15 Å². The molecule has 0 N–H and O–H groups in total. The van der Waals surface area contributed by atoms with Crippen LogP contribution < -0.4 is 0 Å². The Balaban J connectivity index is 2.14. The molecule has 0 spiro atoms. The second-order valence-electron chi connectivity index (χ2n) is 1.84. The van der Waals surface area contributed by atoms with Gasteiger partial charge in [0.05, 0.1) is 0 Å². The first-order valence-corrected chi connectivity index (χ1v) is 5.98. The van der Waals surface area contributed by atoms with Gasteiger partial charge in [-0.2, -0.15) is 0 Å². The van der Waals surface area contributed by atoms with Crippen molar-refractivity contribution in [3.8, 4) is 0 Å². The standard InChI is InChI=1S/C6H3ClN2S3/c7-4-3-11-6(9-4)12-5-8-1-2-10-5/h1-3H. The molecule has 0 saturated heterocycles. The molecule has 12 heavy (non-hydrogen) atoms. The highest BCUT2D eigenvalue weighted by atomic mass is 35.5. The van der Waals surface area contributed by atoms with E-state index in [-0.39, 0.29) is 0 Å². The van der Waals surface area contributed by atoms with E-state index in [1.54, 1.807) is 29.3 Å². The Kier molecular flexibility index (Phi) is 2.65. The van der Waals surface area contributed by atoms with Crippen molar-refractivity contribution in [1.82, 2.24) is 9.97 Å². The second-order valence-corrected chi connectivity index (χ2v) is 5.47. The predicted octanol–water partition coefficient (Wildman–Crippen LogP) is 3.40. The molecule has 6 heteroatoms. The van der Waals surface area contributed by atoms with Crippen molar-refractivity contribution in [2.75, 3.05) is 0 Å². The monoisotopic (exact) mass is 234 g/mol. The Morgan fingerprint density at radius 2 is 2.25 bits per heavy atom. The van der Waals surface area contributed by atoms with E-state index in [2.05, 4.69) is 9.97 Å².